The van der Waals surface area contributed by atoms with Gasteiger partial charge in [-0.3, -0.25) is 14.5 Å². The van der Waals surface area contributed by atoms with Crippen molar-refractivity contribution in [2.75, 3.05) is 4.90 Å². The SMILES string of the molecule is Cc1ccc(C2C(C(=O)c3ccco3)=C(O)C(=O)N2c2nnc(SCc3ccccc3)s2)cc1. The number of aliphatic hydroxyl groups excluding tert-OH is 1. The Morgan fingerprint density at radius 1 is 1.09 bits per heavy atom. The Hall–Kier alpha value is -3.69. The molecule has 2 aromatic heterocycles. The number of anilines is 1. The van der Waals surface area contributed by atoms with E-state index >= 15 is 0 Å². The highest BCUT2D eigenvalue weighted by Gasteiger charge is 2.46. The fourth-order valence-electron chi connectivity index (χ4n) is 3.72. The molecule has 34 heavy (non-hydrogen) atoms. The lowest BCUT2D eigenvalue weighted by atomic mass is 9.95. The van der Waals surface area contributed by atoms with Gasteiger partial charge in [0.15, 0.2) is 15.9 Å². The Labute approximate surface area is 203 Å². The van der Waals surface area contributed by atoms with E-state index in [-0.39, 0.29) is 11.3 Å². The van der Waals surface area contributed by atoms with Crippen LogP contribution in [0.25, 0.3) is 0 Å². The number of aliphatic hydroxyl groups is 1. The van der Waals surface area contributed by atoms with Gasteiger partial charge >= 0.3 is 0 Å². The summed E-state index contributed by atoms with van der Waals surface area (Å²) in [6.45, 7) is 1.95. The molecule has 5 rings (SSSR count). The molecular weight excluding hydrogens is 470 g/mol. The minimum atomic E-state index is -0.856. The van der Waals surface area contributed by atoms with E-state index in [0.717, 1.165) is 11.1 Å². The molecular formula is C25H19N3O4S2. The van der Waals surface area contributed by atoms with E-state index in [9.17, 15) is 14.7 Å². The van der Waals surface area contributed by atoms with Crippen molar-refractivity contribution in [3.05, 3.63) is 107 Å². The first-order chi connectivity index (χ1) is 16.5. The second-order valence-corrected chi connectivity index (χ2v) is 9.86. The van der Waals surface area contributed by atoms with Crippen molar-refractivity contribution in [1.29, 1.82) is 0 Å². The van der Waals surface area contributed by atoms with Gasteiger partial charge in [-0.2, -0.15) is 0 Å². The number of carbonyl (C=O) groups excluding carboxylic acids is 2. The van der Waals surface area contributed by atoms with E-state index in [1.807, 2.05) is 61.5 Å². The van der Waals surface area contributed by atoms with Crippen LogP contribution in [0.4, 0.5) is 5.13 Å². The number of hydrogen-bond acceptors (Lipinski definition) is 8. The molecule has 0 bridgehead atoms. The predicted octanol–water partition coefficient (Wildman–Crippen LogP) is 5.51. The molecule has 0 radical (unpaired) electrons. The van der Waals surface area contributed by atoms with Crippen LogP contribution in [0.5, 0.6) is 0 Å². The number of aryl methyl sites for hydroxylation is 1. The lowest BCUT2D eigenvalue weighted by molar-refractivity contribution is -0.117. The van der Waals surface area contributed by atoms with Crippen LogP contribution in [0, 0.1) is 6.92 Å². The highest BCUT2D eigenvalue weighted by Crippen LogP contribution is 2.44. The maximum Gasteiger partial charge on any atom is 0.296 e. The molecule has 3 heterocycles. The minimum absolute atomic E-state index is 0.0440. The highest BCUT2D eigenvalue weighted by molar-refractivity contribution is 8.00. The van der Waals surface area contributed by atoms with Crippen LogP contribution >= 0.6 is 23.1 Å². The second kappa shape index (κ2) is 9.28. The summed E-state index contributed by atoms with van der Waals surface area (Å²) in [4.78, 5) is 27.8. The molecule has 1 unspecified atom stereocenters. The topological polar surface area (TPSA) is 96.5 Å². The standard InChI is InChI=1S/C25H19N3O4S2/c1-15-9-11-17(12-10-15)20-19(21(29)18-8-5-13-32-18)22(30)23(31)28(20)24-26-27-25(34-24)33-14-16-6-3-2-4-7-16/h2-13,20,30H,14H2,1H3. The average Bonchev–Trinajstić information content (AvgIpc) is 3.60. The van der Waals surface area contributed by atoms with Crippen LogP contribution in [0.2, 0.25) is 0 Å². The van der Waals surface area contributed by atoms with Gasteiger partial charge in [-0.25, -0.2) is 0 Å². The maximum absolute atomic E-state index is 13.2. The fraction of sp³-hybridized carbons (Fsp3) is 0.120. The van der Waals surface area contributed by atoms with Crippen molar-refractivity contribution >= 4 is 39.9 Å². The molecule has 170 valence electrons. The molecule has 1 atom stereocenters. The Kier molecular flexibility index (Phi) is 6.04. The van der Waals surface area contributed by atoms with Crippen LogP contribution in [-0.4, -0.2) is 27.0 Å². The molecule has 1 aliphatic heterocycles. The summed E-state index contributed by atoms with van der Waals surface area (Å²) in [5.74, 6) is -1.11. The number of amides is 1. The van der Waals surface area contributed by atoms with Gasteiger partial charge in [-0.05, 0) is 30.2 Å². The number of benzene rings is 2. The summed E-state index contributed by atoms with van der Waals surface area (Å²) in [7, 11) is 0. The zero-order valence-corrected chi connectivity index (χ0v) is 19.7. The van der Waals surface area contributed by atoms with Crippen LogP contribution in [-0.2, 0) is 10.5 Å². The molecule has 0 aliphatic carbocycles. The lowest BCUT2D eigenvalue weighted by Gasteiger charge is -2.23. The number of ketones is 1. The van der Waals surface area contributed by atoms with E-state index in [2.05, 4.69) is 10.2 Å². The number of thioether (sulfide) groups is 1. The quantitative estimate of drug-likeness (QED) is 0.208. The van der Waals surface area contributed by atoms with Gasteiger partial charge in [0.25, 0.3) is 5.91 Å². The Morgan fingerprint density at radius 2 is 1.85 bits per heavy atom. The first-order valence-corrected chi connectivity index (χ1v) is 12.2. The summed E-state index contributed by atoms with van der Waals surface area (Å²) in [6, 6.07) is 19.7. The predicted molar refractivity (Wildman–Crippen MR) is 130 cm³/mol. The number of aromatic nitrogens is 2. The minimum Gasteiger partial charge on any atom is -0.503 e. The van der Waals surface area contributed by atoms with Crippen molar-refractivity contribution < 1.29 is 19.1 Å². The number of rotatable bonds is 7. The van der Waals surface area contributed by atoms with Gasteiger partial charge in [0.1, 0.15) is 0 Å². The Balaban J connectivity index is 1.50. The Bertz CT molecular complexity index is 1360. The van der Waals surface area contributed by atoms with Crippen molar-refractivity contribution in [2.45, 2.75) is 23.1 Å². The number of Topliss-reactive ketones (excluding diaryl/α,β-unsaturated/α-hetero) is 1. The van der Waals surface area contributed by atoms with Crippen LogP contribution in [0.1, 0.15) is 33.3 Å². The first-order valence-electron chi connectivity index (χ1n) is 10.4. The molecule has 0 spiro atoms. The molecule has 9 heteroatoms. The zero-order valence-electron chi connectivity index (χ0n) is 18.0. The molecule has 4 aromatic rings. The van der Waals surface area contributed by atoms with Gasteiger partial charge in [-0.1, -0.05) is 83.3 Å². The maximum atomic E-state index is 13.2. The number of furan rings is 1. The van der Waals surface area contributed by atoms with Gasteiger partial charge in [-0.15, -0.1) is 10.2 Å². The average molecular weight is 490 g/mol. The molecule has 7 nitrogen and oxygen atoms in total. The van der Waals surface area contributed by atoms with Gasteiger partial charge in [0.05, 0.1) is 17.9 Å². The molecule has 0 fully saturated rings. The van der Waals surface area contributed by atoms with E-state index in [0.29, 0.717) is 20.8 Å². The molecule has 1 amide bonds. The third-order valence-electron chi connectivity index (χ3n) is 5.40. The largest absolute Gasteiger partial charge is 0.503 e. The molecule has 0 saturated carbocycles. The summed E-state index contributed by atoms with van der Waals surface area (Å²) < 4.78 is 5.94. The third-order valence-corrected chi connectivity index (χ3v) is 7.52. The molecule has 1 aliphatic rings. The van der Waals surface area contributed by atoms with Gasteiger partial charge < -0.3 is 9.52 Å². The normalized spacial score (nSPS) is 15.9. The zero-order chi connectivity index (χ0) is 23.7. The van der Waals surface area contributed by atoms with E-state index in [1.165, 1.54) is 40.3 Å². The first kappa shape index (κ1) is 22.1. The summed E-state index contributed by atoms with van der Waals surface area (Å²) in [5, 5.41) is 19.5. The van der Waals surface area contributed by atoms with Crippen molar-refractivity contribution in [1.82, 2.24) is 10.2 Å². The van der Waals surface area contributed by atoms with Crippen molar-refractivity contribution in [3.63, 3.8) is 0 Å². The lowest BCUT2D eigenvalue weighted by Crippen LogP contribution is -2.31. The second-order valence-electron chi connectivity index (χ2n) is 7.68. The summed E-state index contributed by atoms with van der Waals surface area (Å²) in [6.07, 6.45) is 1.38. The molecule has 0 saturated heterocycles. The fourth-order valence-corrected chi connectivity index (χ4v) is 5.54. The van der Waals surface area contributed by atoms with Gasteiger partial charge in [0.2, 0.25) is 10.9 Å². The number of carbonyl (C=O) groups is 2. The number of hydrogen-bond donors (Lipinski definition) is 1. The highest BCUT2D eigenvalue weighted by atomic mass is 32.2. The van der Waals surface area contributed by atoms with E-state index in [4.69, 9.17) is 4.42 Å². The van der Waals surface area contributed by atoms with Crippen molar-refractivity contribution in [3.8, 4) is 0 Å². The molecule has 1 N–H and O–H groups in total. The van der Waals surface area contributed by atoms with Gasteiger partial charge in [0, 0.05) is 5.75 Å². The smallest absolute Gasteiger partial charge is 0.296 e. The van der Waals surface area contributed by atoms with E-state index in [1.54, 1.807) is 6.07 Å². The Morgan fingerprint density at radius 3 is 2.56 bits per heavy atom. The van der Waals surface area contributed by atoms with Crippen molar-refractivity contribution in [2.24, 2.45) is 0 Å². The van der Waals surface area contributed by atoms with Crippen LogP contribution < -0.4 is 4.90 Å². The van der Waals surface area contributed by atoms with Crippen LogP contribution in [0.3, 0.4) is 0 Å². The van der Waals surface area contributed by atoms with E-state index < -0.39 is 23.5 Å². The third kappa shape index (κ3) is 4.15. The summed E-state index contributed by atoms with van der Waals surface area (Å²) >= 11 is 2.75. The summed E-state index contributed by atoms with van der Waals surface area (Å²) in [5.41, 5.74) is 2.80. The monoisotopic (exact) mass is 489 g/mol. The number of nitrogens with zero attached hydrogens (tertiary/aromatic N) is 3. The van der Waals surface area contributed by atoms with Crippen LogP contribution in [0.15, 0.2) is 93.1 Å². The molecule has 2 aromatic carbocycles.